The highest BCUT2D eigenvalue weighted by molar-refractivity contribution is 6.04. The van der Waals surface area contributed by atoms with Crippen LogP contribution >= 0.6 is 0 Å². The van der Waals surface area contributed by atoms with E-state index < -0.39 is 0 Å². The number of rotatable bonds is 4. The van der Waals surface area contributed by atoms with Crippen LogP contribution in [0.2, 0.25) is 0 Å². The van der Waals surface area contributed by atoms with E-state index in [0.717, 1.165) is 48.5 Å². The zero-order chi connectivity index (χ0) is 21.1. The van der Waals surface area contributed by atoms with Crippen molar-refractivity contribution in [2.45, 2.75) is 32.7 Å². The number of hydrogen-bond donors (Lipinski definition) is 1. The number of fused-ring (bicyclic) bond motifs is 4. The van der Waals surface area contributed by atoms with E-state index in [9.17, 15) is 4.79 Å². The van der Waals surface area contributed by atoms with Crippen molar-refractivity contribution in [3.63, 3.8) is 0 Å². The molecule has 0 unspecified atom stereocenters. The first-order chi connectivity index (χ1) is 14.6. The fraction of sp³-hybridized carbons (Fsp3) is 0.318. The molecule has 2 aromatic heterocycles. The summed E-state index contributed by atoms with van der Waals surface area (Å²) < 4.78 is 0. The molecular weight excluding hydrogens is 378 g/mol. The summed E-state index contributed by atoms with van der Waals surface area (Å²) in [6.45, 7) is 9.34. The van der Waals surface area contributed by atoms with Gasteiger partial charge >= 0.3 is 6.03 Å². The second kappa shape index (κ2) is 8.44. The molecule has 2 aliphatic rings. The van der Waals surface area contributed by atoms with Gasteiger partial charge in [-0.15, -0.1) is 5.10 Å². The molecule has 8 nitrogen and oxygen atoms in total. The van der Waals surface area contributed by atoms with E-state index in [0.29, 0.717) is 11.6 Å². The van der Waals surface area contributed by atoms with Crippen LogP contribution < -0.4 is 15.1 Å². The van der Waals surface area contributed by atoms with E-state index in [2.05, 4.69) is 32.1 Å². The number of pyridine rings is 1. The average molecular weight is 403 g/mol. The maximum atomic E-state index is 13.3. The van der Waals surface area contributed by atoms with Crippen LogP contribution in [-0.2, 0) is 0 Å². The minimum Gasteiger partial charge on any atom is -0.366 e. The third-order valence-electron chi connectivity index (χ3n) is 5.57. The van der Waals surface area contributed by atoms with Gasteiger partial charge in [0.25, 0.3) is 0 Å². The van der Waals surface area contributed by atoms with Crippen molar-refractivity contribution in [3.8, 4) is 0 Å². The highest BCUT2D eigenvalue weighted by Crippen LogP contribution is 2.39. The van der Waals surface area contributed by atoms with Crippen molar-refractivity contribution < 1.29 is 4.79 Å². The van der Waals surface area contributed by atoms with Crippen LogP contribution in [0, 0.1) is 0 Å². The summed E-state index contributed by atoms with van der Waals surface area (Å²) in [6.07, 6.45) is 7.25. The highest BCUT2D eigenvalue weighted by atomic mass is 16.2. The largest absolute Gasteiger partial charge is 0.366 e. The zero-order valence-corrected chi connectivity index (χ0v) is 17.2. The number of piperidine rings is 1. The van der Waals surface area contributed by atoms with Gasteiger partial charge in [-0.2, -0.15) is 5.10 Å². The van der Waals surface area contributed by atoms with Crippen molar-refractivity contribution in [1.29, 1.82) is 0 Å². The molecule has 154 valence electrons. The van der Waals surface area contributed by atoms with Gasteiger partial charge in [0.15, 0.2) is 11.6 Å². The number of hydrogen-bond acceptors (Lipinski definition) is 6. The first-order valence-electron chi connectivity index (χ1n) is 10.1. The fourth-order valence-electron chi connectivity index (χ4n) is 3.99. The molecule has 0 spiro atoms. The van der Waals surface area contributed by atoms with Crippen LogP contribution in [0.1, 0.15) is 32.4 Å². The fourth-order valence-corrected chi connectivity index (χ4v) is 3.99. The number of anilines is 3. The summed E-state index contributed by atoms with van der Waals surface area (Å²) in [6, 6.07) is 7.29. The first kappa shape index (κ1) is 19.8. The number of nitrogens with zero attached hydrogens (tertiary/aromatic N) is 6. The van der Waals surface area contributed by atoms with Crippen LogP contribution in [0.3, 0.4) is 0 Å². The van der Waals surface area contributed by atoms with Gasteiger partial charge in [-0.3, -0.25) is 15.2 Å². The molecule has 30 heavy (non-hydrogen) atoms. The predicted molar refractivity (Wildman–Crippen MR) is 120 cm³/mol. The summed E-state index contributed by atoms with van der Waals surface area (Å²) in [5.74, 6) is 1.07. The van der Waals surface area contributed by atoms with Crippen LogP contribution in [0.25, 0.3) is 5.57 Å². The van der Waals surface area contributed by atoms with E-state index in [1.807, 2.05) is 32.1 Å². The van der Waals surface area contributed by atoms with E-state index >= 15 is 0 Å². The van der Waals surface area contributed by atoms with Crippen molar-refractivity contribution in [2.24, 2.45) is 4.99 Å². The molecule has 0 aromatic carbocycles. The number of aliphatic imine (C=N–C) groups is 1. The topological polar surface area (TPSA) is 86.6 Å². The van der Waals surface area contributed by atoms with Crippen LogP contribution in [-0.4, -0.2) is 47.1 Å². The van der Waals surface area contributed by atoms with Gasteiger partial charge in [0, 0.05) is 31.1 Å². The van der Waals surface area contributed by atoms with Crippen LogP contribution in [0.5, 0.6) is 0 Å². The first-order valence-corrected chi connectivity index (χ1v) is 10.1. The van der Waals surface area contributed by atoms with E-state index in [4.69, 9.17) is 4.98 Å². The lowest BCUT2D eigenvalue weighted by molar-refractivity contribution is 0.252. The average Bonchev–Trinajstić information content (AvgIpc) is 2.77. The van der Waals surface area contributed by atoms with Gasteiger partial charge in [0.2, 0.25) is 0 Å². The van der Waals surface area contributed by atoms with Gasteiger partial charge < -0.3 is 4.90 Å². The number of carbonyl (C=O) groups is 1. The lowest BCUT2D eigenvalue weighted by Gasteiger charge is -2.45. The normalized spacial score (nSPS) is 18.7. The molecule has 1 N–H and O–H groups in total. The second-order valence-corrected chi connectivity index (χ2v) is 7.39. The molecule has 0 aliphatic carbocycles. The molecule has 2 aromatic rings. The Morgan fingerprint density at radius 1 is 1.37 bits per heavy atom. The Hall–Kier alpha value is -3.55. The summed E-state index contributed by atoms with van der Waals surface area (Å²) >= 11 is 0. The third kappa shape index (κ3) is 3.68. The van der Waals surface area contributed by atoms with Gasteiger partial charge in [0.1, 0.15) is 0 Å². The van der Waals surface area contributed by atoms with Crippen molar-refractivity contribution in [3.05, 3.63) is 54.0 Å². The molecule has 1 fully saturated rings. The molecule has 2 amide bonds. The minimum atomic E-state index is -0.247. The highest BCUT2D eigenvalue weighted by Gasteiger charge is 2.38. The molecular formula is C22H25N7O. The van der Waals surface area contributed by atoms with Crippen molar-refractivity contribution >= 4 is 35.6 Å². The summed E-state index contributed by atoms with van der Waals surface area (Å²) in [5.41, 5.74) is 3.65. The van der Waals surface area contributed by atoms with Crippen LogP contribution in [0.15, 0.2) is 53.3 Å². The number of urea groups is 1. The van der Waals surface area contributed by atoms with Gasteiger partial charge in [0.05, 0.1) is 17.4 Å². The summed E-state index contributed by atoms with van der Waals surface area (Å²) in [4.78, 5) is 26.2. The van der Waals surface area contributed by atoms with Crippen molar-refractivity contribution in [1.82, 2.24) is 15.2 Å². The number of amides is 2. The summed E-state index contributed by atoms with van der Waals surface area (Å²) in [7, 11) is 0. The zero-order valence-electron chi connectivity index (χ0n) is 17.2. The Kier molecular flexibility index (Phi) is 5.56. The Labute approximate surface area is 176 Å². The Bertz CT molecular complexity index is 1020. The molecule has 4 heterocycles. The Balaban J connectivity index is 1.77. The monoisotopic (exact) mass is 403 g/mol. The molecule has 2 bridgehead atoms. The lowest BCUT2D eigenvalue weighted by atomic mass is 9.98. The van der Waals surface area contributed by atoms with E-state index in [1.54, 1.807) is 29.4 Å². The minimum absolute atomic E-state index is 0.0541. The molecule has 0 radical (unpaired) electrons. The lowest BCUT2D eigenvalue weighted by Crippen LogP contribution is -2.56. The number of aromatic nitrogens is 3. The molecule has 4 rings (SSSR count). The van der Waals surface area contributed by atoms with E-state index in [-0.39, 0.29) is 12.1 Å². The van der Waals surface area contributed by atoms with E-state index in [1.165, 1.54) is 0 Å². The molecule has 0 saturated carbocycles. The molecule has 1 saturated heterocycles. The predicted octanol–water partition coefficient (Wildman–Crippen LogP) is 3.90. The van der Waals surface area contributed by atoms with Gasteiger partial charge in [-0.05, 0) is 63.2 Å². The Morgan fingerprint density at radius 3 is 2.97 bits per heavy atom. The molecule has 1 atom stereocenters. The van der Waals surface area contributed by atoms with Gasteiger partial charge in [-0.25, -0.2) is 9.78 Å². The standard InChI is InChI=1S/C22H25N7O/c1-4-15(2)17(13-23-3)18-9-10-19-21(25-18)29(16-7-6-12-28(19)14-16)22(30)26-20-8-5-11-24-27-20/h4-5,8-11,13,16H,3,6-7,12,14H2,1-2H3,(H,26,27,30)/b15-4-,17-13+/t16-/m0/s1. The van der Waals surface area contributed by atoms with Crippen molar-refractivity contribution in [2.75, 3.05) is 28.2 Å². The summed E-state index contributed by atoms with van der Waals surface area (Å²) in [5, 5.41) is 10.7. The Morgan fingerprint density at radius 2 is 2.23 bits per heavy atom. The quantitative estimate of drug-likeness (QED) is 0.618. The third-order valence-corrected chi connectivity index (χ3v) is 5.57. The maximum absolute atomic E-state index is 13.3. The maximum Gasteiger partial charge on any atom is 0.329 e. The number of nitrogens with one attached hydrogen (secondary N) is 1. The smallest absolute Gasteiger partial charge is 0.329 e. The molecule has 8 heteroatoms. The number of allylic oxidation sites excluding steroid dienone is 3. The van der Waals surface area contributed by atoms with Crippen LogP contribution in [0.4, 0.5) is 22.1 Å². The SMILES string of the molecule is C=N/C=C(\C(C)=C/C)c1ccc2c(n1)N(C(=O)Nc1cccnn1)[C@H]1CCCN2C1. The van der Waals surface area contributed by atoms with Gasteiger partial charge in [-0.1, -0.05) is 6.08 Å². The second-order valence-electron chi connectivity index (χ2n) is 7.39. The molecule has 2 aliphatic heterocycles. The number of carbonyl (C=O) groups excluding carboxylic acids is 1.